The summed E-state index contributed by atoms with van der Waals surface area (Å²) in [5.41, 5.74) is 1.43. The SMILES string of the molecule is C=CCOC(=O)C1=C2CCCS[C@H]2[C@@H]2[C@@H]([C@@H](C)O)C(=O)N12. The summed E-state index contributed by atoms with van der Waals surface area (Å²) in [4.78, 5) is 26.1. The first-order chi connectivity index (χ1) is 10.1. The molecule has 3 aliphatic rings. The van der Waals surface area contributed by atoms with Gasteiger partial charge in [0.15, 0.2) is 0 Å². The molecule has 1 amide bonds. The molecule has 0 aromatic heterocycles. The van der Waals surface area contributed by atoms with Crippen LogP contribution in [0.4, 0.5) is 0 Å². The molecule has 0 spiro atoms. The van der Waals surface area contributed by atoms with E-state index in [4.69, 9.17) is 4.74 Å². The van der Waals surface area contributed by atoms with Crippen molar-refractivity contribution in [1.82, 2.24) is 4.90 Å². The number of carbonyl (C=O) groups is 2. The zero-order valence-electron chi connectivity index (χ0n) is 11.9. The normalized spacial score (nSPS) is 32.2. The fourth-order valence-corrected chi connectivity index (χ4v) is 4.95. The maximum atomic E-state index is 12.3. The standard InChI is InChI=1S/C15H19NO4S/c1-3-6-20-15(19)11-9-5-4-7-21-13(9)12-10(8(2)17)14(18)16(11)12/h3,8,10,12-13,17H,1,4-7H2,2H3/t8-,10-,12+,13-/m1/s1. The highest BCUT2D eigenvalue weighted by Crippen LogP contribution is 2.51. The van der Waals surface area contributed by atoms with Gasteiger partial charge in [0.2, 0.25) is 5.91 Å². The molecule has 3 rings (SSSR count). The van der Waals surface area contributed by atoms with Gasteiger partial charge in [-0.25, -0.2) is 4.79 Å². The third-order valence-corrected chi connectivity index (χ3v) is 5.77. The van der Waals surface area contributed by atoms with E-state index in [1.165, 1.54) is 6.08 Å². The highest BCUT2D eigenvalue weighted by atomic mass is 32.2. The number of aliphatic hydroxyl groups is 1. The van der Waals surface area contributed by atoms with E-state index in [0.29, 0.717) is 5.70 Å². The van der Waals surface area contributed by atoms with Gasteiger partial charge in [0.25, 0.3) is 0 Å². The Kier molecular flexibility index (Phi) is 3.84. The van der Waals surface area contributed by atoms with Gasteiger partial charge in [-0.2, -0.15) is 11.8 Å². The Bertz CT molecular complexity index is 528. The molecule has 114 valence electrons. The van der Waals surface area contributed by atoms with Gasteiger partial charge in [0.1, 0.15) is 12.3 Å². The minimum absolute atomic E-state index is 0.0934. The summed E-state index contributed by atoms with van der Waals surface area (Å²) >= 11 is 1.77. The molecule has 0 aliphatic carbocycles. The van der Waals surface area contributed by atoms with Crippen LogP contribution in [0, 0.1) is 5.92 Å². The van der Waals surface area contributed by atoms with Crippen molar-refractivity contribution < 1.29 is 19.4 Å². The van der Waals surface area contributed by atoms with Gasteiger partial charge in [-0.15, -0.1) is 0 Å². The second-order valence-corrected chi connectivity index (χ2v) is 6.87. The molecule has 0 unspecified atom stereocenters. The Morgan fingerprint density at radius 1 is 1.67 bits per heavy atom. The summed E-state index contributed by atoms with van der Waals surface area (Å²) in [6.07, 6.45) is 2.65. The first kappa shape index (κ1) is 14.7. The second-order valence-electron chi connectivity index (χ2n) is 5.62. The molecule has 4 atom stereocenters. The summed E-state index contributed by atoms with van der Waals surface area (Å²) in [6, 6.07) is -0.0934. The van der Waals surface area contributed by atoms with Gasteiger partial charge < -0.3 is 14.7 Å². The predicted molar refractivity (Wildman–Crippen MR) is 79.5 cm³/mol. The number of aliphatic hydroxyl groups excluding tert-OH is 1. The molecular weight excluding hydrogens is 290 g/mol. The van der Waals surface area contributed by atoms with Crippen LogP contribution in [0.3, 0.4) is 0 Å². The van der Waals surface area contributed by atoms with Crippen molar-refractivity contribution in [3.8, 4) is 0 Å². The van der Waals surface area contributed by atoms with Gasteiger partial charge in [-0.05, 0) is 31.1 Å². The van der Waals surface area contributed by atoms with E-state index in [0.717, 1.165) is 24.2 Å². The van der Waals surface area contributed by atoms with Crippen LogP contribution in [0.1, 0.15) is 19.8 Å². The van der Waals surface area contributed by atoms with Crippen LogP contribution in [0.25, 0.3) is 0 Å². The summed E-state index contributed by atoms with van der Waals surface area (Å²) in [5, 5.41) is 9.97. The van der Waals surface area contributed by atoms with Gasteiger partial charge in [-0.3, -0.25) is 4.79 Å². The largest absolute Gasteiger partial charge is 0.457 e. The number of carbonyl (C=O) groups excluding carboxylic acids is 2. The smallest absolute Gasteiger partial charge is 0.355 e. The number of hydrogen-bond donors (Lipinski definition) is 1. The van der Waals surface area contributed by atoms with Crippen LogP contribution in [0.2, 0.25) is 0 Å². The van der Waals surface area contributed by atoms with Crippen LogP contribution in [-0.2, 0) is 14.3 Å². The molecule has 3 aliphatic heterocycles. The maximum Gasteiger partial charge on any atom is 0.355 e. The highest BCUT2D eigenvalue weighted by Gasteiger charge is 2.61. The van der Waals surface area contributed by atoms with E-state index in [2.05, 4.69) is 6.58 Å². The molecule has 0 saturated carbocycles. The Morgan fingerprint density at radius 2 is 2.43 bits per heavy atom. The van der Waals surface area contributed by atoms with Crippen LogP contribution in [-0.4, -0.2) is 51.6 Å². The Balaban J connectivity index is 1.92. The van der Waals surface area contributed by atoms with Crippen molar-refractivity contribution in [2.24, 2.45) is 5.92 Å². The molecule has 5 nitrogen and oxygen atoms in total. The molecule has 1 N–H and O–H groups in total. The lowest BCUT2D eigenvalue weighted by molar-refractivity contribution is -0.161. The Morgan fingerprint density at radius 3 is 3.10 bits per heavy atom. The first-order valence-electron chi connectivity index (χ1n) is 7.21. The van der Waals surface area contributed by atoms with Gasteiger partial charge >= 0.3 is 5.97 Å². The van der Waals surface area contributed by atoms with E-state index < -0.39 is 18.0 Å². The fourth-order valence-electron chi connectivity index (χ4n) is 3.47. The Labute approximate surface area is 128 Å². The van der Waals surface area contributed by atoms with Gasteiger partial charge in [-0.1, -0.05) is 12.7 Å². The molecule has 21 heavy (non-hydrogen) atoms. The average Bonchev–Trinajstić information content (AvgIpc) is 2.75. The van der Waals surface area contributed by atoms with Crippen LogP contribution in [0.15, 0.2) is 23.9 Å². The average molecular weight is 309 g/mol. The van der Waals surface area contributed by atoms with E-state index in [1.807, 2.05) is 0 Å². The predicted octanol–water partition coefficient (Wildman–Crippen LogP) is 1.09. The minimum atomic E-state index is -0.689. The topological polar surface area (TPSA) is 66.8 Å². The molecular formula is C15H19NO4S. The number of hydrogen-bond acceptors (Lipinski definition) is 5. The highest BCUT2D eigenvalue weighted by molar-refractivity contribution is 8.00. The van der Waals surface area contributed by atoms with E-state index >= 15 is 0 Å². The molecule has 2 fully saturated rings. The third-order valence-electron chi connectivity index (χ3n) is 4.32. The molecule has 6 heteroatoms. The number of thioether (sulfide) groups is 1. The number of amides is 1. The lowest BCUT2D eigenvalue weighted by atomic mass is 9.82. The Hall–Kier alpha value is -1.27. The fraction of sp³-hybridized carbons (Fsp3) is 0.600. The number of fused-ring (bicyclic) bond motifs is 3. The number of esters is 1. The molecule has 0 aromatic rings. The molecule has 0 radical (unpaired) electrons. The monoisotopic (exact) mass is 309 g/mol. The summed E-state index contributed by atoms with van der Waals surface area (Å²) in [7, 11) is 0. The molecule has 0 aromatic carbocycles. The lowest BCUT2D eigenvalue weighted by Crippen LogP contribution is -2.64. The summed E-state index contributed by atoms with van der Waals surface area (Å²) in [5.74, 6) is 0.00875. The van der Waals surface area contributed by atoms with Crippen molar-refractivity contribution in [3.63, 3.8) is 0 Å². The first-order valence-corrected chi connectivity index (χ1v) is 8.26. The van der Waals surface area contributed by atoms with Crippen molar-refractivity contribution in [2.45, 2.75) is 37.2 Å². The number of nitrogens with zero attached hydrogens (tertiary/aromatic N) is 1. The van der Waals surface area contributed by atoms with E-state index in [1.54, 1.807) is 23.6 Å². The number of rotatable bonds is 4. The zero-order chi connectivity index (χ0) is 15.1. The van der Waals surface area contributed by atoms with Gasteiger partial charge in [0, 0.05) is 5.25 Å². The van der Waals surface area contributed by atoms with E-state index in [9.17, 15) is 14.7 Å². The molecule has 3 heterocycles. The third kappa shape index (κ3) is 2.12. The van der Waals surface area contributed by atoms with Crippen molar-refractivity contribution in [2.75, 3.05) is 12.4 Å². The summed E-state index contributed by atoms with van der Waals surface area (Å²) in [6.45, 7) is 5.31. The second kappa shape index (κ2) is 5.50. The lowest BCUT2D eigenvalue weighted by Gasteiger charge is -2.47. The van der Waals surface area contributed by atoms with Crippen molar-refractivity contribution in [1.29, 1.82) is 0 Å². The van der Waals surface area contributed by atoms with Crippen molar-refractivity contribution >= 4 is 23.6 Å². The van der Waals surface area contributed by atoms with Gasteiger partial charge in [0.05, 0.1) is 18.1 Å². The summed E-state index contributed by atoms with van der Waals surface area (Å²) < 4.78 is 5.14. The van der Waals surface area contributed by atoms with Crippen molar-refractivity contribution in [3.05, 3.63) is 23.9 Å². The molecule has 0 bridgehead atoms. The van der Waals surface area contributed by atoms with Crippen LogP contribution < -0.4 is 0 Å². The van der Waals surface area contributed by atoms with Crippen LogP contribution >= 0.6 is 11.8 Å². The minimum Gasteiger partial charge on any atom is -0.457 e. The van der Waals surface area contributed by atoms with Crippen LogP contribution in [0.5, 0.6) is 0 Å². The number of β-lactam (4-membered cyclic amide) rings is 1. The molecule has 2 saturated heterocycles. The number of ether oxygens (including phenoxy) is 1. The zero-order valence-corrected chi connectivity index (χ0v) is 12.8. The quantitative estimate of drug-likeness (QED) is 0.478. The van der Waals surface area contributed by atoms with E-state index in [-0.39, 0.29) is 23.8 Å². The maximum absolute atomic E-state index is 12.3.